The van der Waals surface area contributed by atoms with Crippen molar-refractivity contribution in [2.75, 3.05) is 0 Å². The van der Waals surface area contributed by atoms with Gasteiger partial charge in [-0.1, -0.05) is 0 Å². The highest BCUT2D eigenvalue weighted by Crippen LogP contribution is 2.23. The molecule has 0 bridgehead atoms. The first kappa shape index (κ1) is 10.4. The van der Waals surface area contributed by atoms with Gasteiger partial charge in [-0.3, -0.25) is 0 Å². The number of hydrogen-bond acceptors (Lipinski definition) is 2. The maximum absolute atomic E-state index is 12.5. The minimum absolute atomic E-state index is 0.162. The molecule has 0 saturated heterocycles. The zero-order valence-corrected chi connectivity index (χ0v) is 8.11. The summed E-state index contributed by atoms with van der Waals surface area (Å²) >= 11 is 5.64. The van der Waals surface area contributed by atoms with E-state index in [1.807, 2.05) is 0 Å². The van der Waals surface area contributed by atoms with Crippen molar-refractivity contribution in [3.05, 3.63) is 17.8 Å². The molecular weight excluding hydrogens is 200 g/mol. The normalized spacial score (nSPS) is 14.5. The minimum Gasteiger partial charge on any atom is -0.444 e. The Hall–Kier alpha value is -0.640. The van der Waals surface area contributed by atoms with Crippen molar-refractivity contribution in [2.24, 2.45) is 0 Å². The molecule has 1 aromatic rings. The molecule has 1 heterocycles. The predicted octanol–water partition coefficient (Wildman–Crippen LogP) is 3.17. The molecule has 0 saturated carbocycles. The Morgan fingerprint density at radius 2 is 2.31 bits per heavy atom. The molecule has 0 amide bonds. The molecule has 0 aromatic carbocycles. The van der Waals surface area contributed by atoms with Crippen molar-refractivity contribution in [3.8, 4) is 0 Å². The number of rotatable bonds is 3. The van der Waals surface area contributed by atoms with Crippen LogP contribution in [0.5, 0.6) is 0 Å². The third kappa shape index (κ3) is 3.30. The Morgan fingerprint density at radius 1 is 1.69 bits per heavy atom. The molecule has 1 aromatic heterocycles. The van der Waals surface area contributed by atoms with Crippen LogP contribution >= 0.6 is 11.6 Å². The van der Waals surface area contributed by atoms with Gasteiger partial charge in [-0.05, 0) is 13.8 Å². The highest BCUT2D eigenvalue weighted by atomic mass is 35.5. The lowest BCUT2D eigenvalue weighted by Crippen LogP contribution is -2.12. The molecule has 0 spiro atoms. The molecule has 1 rings (SSSR count). The van der Waals surface area contributed by atoms with Crippen LogP contribution in [0.25, 0.3) is 0 Å². The molecule has 0 radical (unpaired) electrons. The van der Waals surface area contributed by atoms with Crippen molar-refractivity contribution < 1.29 is 13.2 Å². The van der Waals surface area contributed by atoms with Gasteiger partial charge in [-0.2, -0.15) is 0 Å². The second-order valence-corrected chi connectivity index (χ2v) is 3.68. The van der Waals surface area contributed by atoms with E-state index in [2.05, 4.69) is 4.98 Å². The van der Waals surface area contributed by atoms with E-state index in [1.165, 1.54) is 6.20 Å². The Balaban J connectivity index is 2.70. The van der Waals surface area contributed by atoms with Crippen LogP contribution < -0.4 is 0 Å². The molecule has 1 atom stereocenters. The molecule has 5 heteroatoms. The second-order valence-electron chi connectivity index (χ2n) is 3.03. The Kier molecular flexibility index (Phi) is 2.91. The van der Waals surface area contributed by atoms with Crippen molar-refractivity contribution in [1.29, 1.82) is 0 Å². The van der Waals surface area contributed by atoms with E-state index in [9.17, 15) is 8.78 Å². The van der Waals surface area contributed by atoms with Gasteiger partial charge in [0.25, 0.3) is 5.92 Å². The lowest BCUT2D eigenvalue weighted by Gasteiger charge is -2.05. The van der Waals surface area contributed by atoms with Gasteiger partial charge in [0.2, 0.25) is 5.89 Å². The number of nitrogens with zero attached hydrogens (tertiary/aromatic N) is 1. The van der Waals surface area contributed by atoms with Crippen LogP contribution in [-0.2, 0) is 6.42 Å². The zero-order chi connectivity index (χ0) is 10.1. The summed E-state index contributed by atoms with van der Waals surface area (Å²) in [5.41, 5.74) is 0. The highest BCUT2D eigenvalue weighted by Gasteiger charge is 2.24. The second kappa shape index (κ2) is 3.62. The number of hydrogen-bond donors (Lipinski definition) is 0. The maximum Gasteiger partial charge on any atom is 0.252 e. The van der Waals surface area contributed by atoms with Crippen molar-refractivity contribution in [2.45, 2.75) is 31.6 Å². The van der Waals surface area contributed by atoms with Crippen LogP contribution in [0.15, 0.2) is 10.6 Å². The van der Waals surface area contributed by atoms with E-state index in [-0.39, 0.29) is 17.0 Å². The topological polar surface area (TPSA) is 26.0 Å². The summed E-state index contributed by atoms with van der Waals surface area (Å²) in [6, 6.07) is 0. The Bertz CT molecular complexity index is 280. The van der Waals surface area contributed by atoms with Crippen LogP contribution in [0.4, 0.5) is 8.78 Å². The van der Waals surface area contributed by atoms with Gasteiger partial charge in [0.1, 0.15) is 11.1 Å². The fourth-order valence-electron chi connectivity index (χ4n) is 0.894. The van der Waals surface area contributed by atoms with E-state index in [1.54, 1.807) is 6.92 Å². The number of oxazole rings is 1. The van der Waals surface area contributed by atoms with Gasteiger partial charge in [-0.25, -0.2) is 13.8 Å². The highest BCUT2D eigenvalue weighted by molar-refractivity contribution is 6.20. The first-order valence-corrected chi connectivity index (χ1v) is 4.28. The summed E-state index contributed by atoms with van der Waals surface area (Å²) in [6.07, 6.45) is 0.842. The van der Waals surface area contributed by atoms with Crippen LogP contribution in [0.2, 0.25) is 0 Å². The largest absolute Gasteiger partial charge is 0.444 e. The van der Waals surface area contributed by atoms with E-state index in [0.717, 1.165) is 6.92 Å². The number of halogens is 3. The zero-order valence-electron chi connectivity index (χ0n) is 7.35. The van der Waals surface area contributed by atoms with E-state index < -0.39 is 12.3 Å². The van der Waals surface area contributed by atoms with Crippen LogP contribution in [-0.4, -0.2) is 10.9 Å². The van der Waals surface area contributed by atoms with Crippen molar-refractivity contribution >= 4 is 11.6 Å². The minimum atomic E-state index is -2.77. The average molecular weight is 210 g/mol. The summed E-state index contributed by atoms with van der Waals surface area (Å²) in [7, 11) is 0. The Labute approximate surface area is 79.9 Å². The molecule has 2 nitrogen and oxygen atoms in total. The monoisotopic (exact) mass is 209 g/mol. The third-order valence-corrected chi connectivity index (χ3v) is 1.58. The first-order chi connectivity index (χ1) is 5.88. The molecule has 0 aliphatic heterocycles. The molecule has 0 aliphatic carbocycles. The molecule has 13 heavy (non-hydrogen) atoms. The summed E-state index contributed by atoms with van der Waals surface area (Å²) in [5.74, 6) is -2.33. The molecule has 0 aliphatic rings. The summed E-state index contributed by atoms with van der Waals surface area (Å²) in [6.45, 7) is 2.50. The van der Waals surface area contributed by atoms with E-state index in [0.29, 0.717) is 0 Å². The fraction of sp³-hybridized carbons (Fsp3) is 0.625. The summed E-state index contributed by atoms with van der Waals surface area (Å²) in [5, 5.41) is -0.390. The fourth-order valence-corrected chi connectivity index (χ4v) is 0.995. The van der Waals surface area contributed by atoms with Crippen LogP contribution in [0, 0.1) is 0 Å². The maximum atomic E-state index is 12.5. The smallest absolute Gasteiger partial charge is 0.252 e. The predicted molar refractivity (Wildman–Crippen MR) is 45.1 cm³/mol. The molecular formula is C8H10ClF2NO. The van der Waals surface area contributed by atoms with Crippen molar-refractivity contribution in [1.82, 2.24) is 4.98 Å². The van der Waals surface area contributed by atoms with Gasteiger partial charge in [0.05, 0.1) is 12.6 Å². The summed E-state index contributed by atoms with van der Waals surface area (Å²) < 4.78 is 30.0. The van der Waals surface area contributed by atoms with Crippen molar-refractivity contribution in [3.63, 3.8) is 0 Å². The SMILES string of the molecule is CC(Cl)c1ncc(CC(C)(F)F)o1. The van der Waals surface area contributed by atoms with Crippen LogP contribution in [0.3, 0.4) is 0 Å². The van der Waals surface area contributed by atoms with Gasteiger partial charge >= 0.3 is 0 Å². The molecule has 0 fully saturated rings. The summed E-state index contributed by atoms with van der Waals surface area (Å²) in [4.78, 5) is 3.77. The first-order valence-electron chi connectivity index (χ1n) is 3.85. The lowest BCUT2D eigenvalue weighted by atomic mass is 10.2. The molecule has 0 N–H and O–H groups in total. The molecule has 74 valence electrons. The lowest BCUT2D eigenvalue weighted by molar-refractivity contribution is 0.0174. The quantitative estimate of drug-likeness (QED) is 0.715. The van der Waals surface area contributed by atoms with Gasteiger partial charge in [0.15, 0.2) is 0 Å². The number of alkyl halides is 3. The van der Waals surface area contributed by atoms with E-state index in [4.69, 9.17) is 16.0 Å². The third-order valence-electron chi connectivity index (χ3n) is 1.40. The Morgan fingerprint density at radius 3 is 2.69 bits per heavy atom. The average Bonchev–Trinajstić information content (AvgIpc) is 2.31. The van der Waals surface area contributed by atoms with Gasteiger partial charge < -0.3 is 4.42 Å². The standard InChI is InChI=1S/C8H10ClF2NO/c1-5(9)7-12-4-6(13-7)3-8(2,10)11/h4-5H,3H2,1-2H3. The van der Waals surface area contributed by atoms with Crippen LogP contribution in [0.1, 0.15) is 30.9 Å². The number of aromatic nitrogens is 1. The molecule has 1 unspecified atom stereocenters. The van der Waals surface area contributed by atoms with Gasteiger partial charge in [0, 0.05) is 0 Å². The van der Waals surface area contributed by atoms with Gasteiger partial charge in [-0.15, -0.1) is 11.6 Å². The van der Waals surface area contributed by atoms with E-state index >= 15 is 0 Å².